The van der Waals surface area contributed by atoms with Gasteiger partial charge in [0, 0.05) is 22.7 Å². The second kappa shape index (κ2) is 7.56. The van der Waals surface area contributed by atoms with Gasteiger partial charge in [0.25, 0.3) is 5.91 Å². The third-order valence-electron chi connectivity index (χ3n) is 4.39. The van der Waals surface area contributed by atoms with Crippen LogP contribution < -0.4 is 11.2 Å². The molecule has 0 radical (unpaired) electrons. The number of nitrogens with zero attached hydrogens (tertiary/aromatic N) is 1. The number of hydroxylamine groups is 1. The molecule has 0 spiro atoms. The van der Waals surface area contributed by atoms with Gasteiger partial charge in [0.1, 0.15) is 0 Å². The molecule has 28 heavy (non-hydrogen) atoms. The molecular weight excluding hydrogens is 385 g/mol. The molecule has 2 aromatic carbocycles. The van der Waals surface area contributed by atoms with Crippen molar-refractivity contribution in [1.82, 2.24) is 10.0 Å². The summed E-state index contributed by atoms with van der Waals surface area (Å²) in [5.74, 6) is -10.9. The van der Waals surface area contributed by atoms with Crippen molar-refractivity contribution >= 4 is 16.8 Å². The van der Waals surface area contributed by atoms with E-state index in [9.17, 15) is 26.7 Å². The normalized spacial score (nSPS) is 12.4. The molecule has 1 unspecified atom stereocenters. The summed E-state index contributed by atoms with van der Waals surface area (Å²) in [6, 6.07) is 5.43. The highest BCUT2D eigenvalue weighted by atomic mass is 19.2. The maximum absolute atomic E-state index is 14.0. The topological polar surface area (TPSA) is 80.3 Å². The molecule has 0 aliphatic carbocycles. The maximum Gasteiger partial charge on any atom is 0.260 e. The van der Waals surface area contributed by atoms with Crippen molar-refractivity contribution in [1.29, 1.82) is 0 Å². The highest BCUT2D eigenvalue weighted by Gasteiger charge is 2.26. The third-order valence-corrected chi connectivity index (χ3v) is 4.39. The highest BCUT2D eigenvalue weighted by molar-refractivity contribution is 5.86. The predicted octanol–water partition coefficient (Wildman–Crippen LogP) is 2.76. The molecule has 1 amide bonds. The monoisotopic (exact) mass is 399 g/mol. The van der Waals surface area contributed by atoms with E-state index < -0.39 is 53.1 Å². The summed E-state index contributed by atoms with van der Waals surface area (Å²) in [6.45, 7) is -0.631. The van der Waals surface area contributed by atoms with Crippen LogP contribution in [0.3, 0.4) is 0 Å². The third kappa shape index (κ3) is 3.32. The van der Waals surface area contributed by atoms with E-state index in [2.05, 4.69) is 0 Å². The van der Waals surface area contributed by atoms with Crippen molar-refractivity contribution in [2.24, 2.45) is 5.73 Å². The van der Waals surface area contributed by atoms with Gasteiger partial charge in [0.2, 0.25) is 5.82 Å². The number of amides is 1. The first-order chi connectivity index (χ1) is 13.3. The summed E-state index contributed by atoms with van der Waals surface area (Å²) in [4.78, 5) is 11.4. The summed E-state index contributed by atoms with van der Waals surface area (Å²) >= 11 is 0. The molecule has 148 valence electrons. The zero-order valence-corrected chi connectivity index (χ0v) is 14.1. The molecule has 3 rings (SSSR count). The maximum atomic E-state index is 14.0. The van der Waals surface area contributed by atoms with Gasteiger partial charge < -0.3 is 10.3 Å². The van der Waals surface area contributed by atoms with Crippen LogP contribution in [0.15, 0.2) is 30.5 Å². The average Bonchev–Trinajstić information content (AvgIpc) is 3.05. The number of halogens is 5. The molecule has 0 aliphatic heterocycles. The van der Waals surface area contributed by atoms with Crippen molar-refractivity contribution in [3.8, 4) is 0 Å². The Balaban J connectivity index is 2.07. The largest absolute Gasteiger partial charge is 0.343 e. The first kappa shape index (κ1) is 19.8. The first-order valence-electron chi connectivity index (χ1n) is 8.02. The van der Waals surface area contributed by atoms with Gasteiger partial charge in [0.05, 0.1) is 12.6 Å². The number of carbonyl (C=O) groups is 1. The summed E-state index contributed by atoms with van der Waals surface area (Å²) in [7, 11) is 0. The standard InChI is InChI=1S/C18H14F5N3O2/c19-13-10(14(20)16(22)17(23)15(13)21)7-26-6-8(5-11(24)18(27)25-28)9-3-1-2-4-12(9)26/h1-4,6,11,28H,5,7,24H2,(H,25,27). The average molecular weight is 399 g/mol. The van der Waals surface area contributed by atoms with Gasteiger partial charge in [-0.05, 0) is 18.1 Å². The van der Waals surface area contributed by atoms with Crippen LogP contribution in [0, 0.1) is 29.1 Å². The first-order valence-corrected chi connectivity index (χ1v) is 8.02. The number of nitrogens with two attached hydrogens (primary N) is 1. The van der Waals surface area contributed by atoms with E-state index in [4.69, 9.17) is 10.9 Å². The number of para-hydroxylation sites is 1. The molecule has 1 aromatic heterocycles. The van der Waals surface area contributed by atoms with Gasteiger partial charge >= 0.3 is 0 Å². The smallest absolute Gasteiger partial charge is 0.260 e. The molecular formula is C18H14F5N3O2. The van der Waals surface area contributed by atoms with Crippen LogP contribution in [-0.2, 0) is 17.8 Å². The number of carbonyl (C=O) groups excluding carboxylic acids is 1. The van der Waals surface area contributed by atoms with Gasteiger partial charge in [-0.1, -0.05) is 18.2 Å². The number of nitrogens with one attached hydrogen (secondary N) is 1. The SMILES string of the molecule is NC(Cc1cn(Cc2c(F)c(F)c(F)c(F)c2F)c2ccccc12)C(=O)NO. The Morgan fingerprint density at radius 2 is 1.61 bits per heavy atom. The van der Waals surface area contributed by atoms with Crippen molar-refractivity contribution in [3.63, 3.8) is 0 Å². The minimum atomic E-state index is -2.22. The predicted molar refractivity (Wildman–Crippen MR) is 88.9 cm³/mol. The lowest BCUT2D eigenvalue weighted by Crippen LogP contribution is -2.40. The van der Waals surface area contributed by atoms with Gasteiger partial charge in [-0.15, -0.1) is 0 Å². The Morgan fingerprint density at radius 1 is 1.04 bits per heavy atom. The van der Waals surface area contributed by atoms with E-state index >= 15 is 0 Å². The zero-order chi connectivity index (χ0) is 20.6. The molecule has 0 saturated heterocycles. The Morgan fingerprint density at radius 3 is 2.21 bits per heavy atom. The lowest BCUT2D eigenvalue weighted by molar-refractivity contribution is -0.130. The summed E-state index contributed by atoms with van der Waals surface area (Å²) in [5, 5.41) is 9.24. The highest BCUT2D eigenvalue weighted by Crippen LogP contribution is 2.27. The van der Waals surface area contributed by atoms with Crippen molar-refractivity contribution in [3.05, 3.63) is 70.7 Å². The molecule has 0 fully saturated rings. The van der Waals surface area contributed by atoms with Gasteiger partial charge in [0.15, 0.2) is 23.3 Å². The lowest BCUT2D eigenvalue weighted by atomic mass is 10.1. The fourth-order valence-corrected chi connectivity index (χ4v) is 2.99. The Labute approximate surface area is 155 Å². The minimum Gasteiger partial charge on any atom is -0.343 e. The van der Waals surface area contributed by atoms with Crippen LogP contribution >= 0.6 is 0 Å². The van der Waals surface area contributed by atoms with Crippen LogP contribution in [0.25, 0.3) is 10.9 Å². The number of aromatic nitrogens is 1. The molecule has 0 saturated carbocycles. The fraction of sp³-hybridized carbons (Fsp3) is 0.167. The van der Waals surface area contributed by atoms with Crippen LogP contribution in [0.2, 0.25) is 0 Å². The number of benzene rings is 2. The van der Waals surface area contributed by atoms with Gasteiger partial charge in [-0.3, -0.25) is 10.0 Å². The molecule has 1 atom stereocenters. The number of hydrogen-bond donors (Lipinski definition) is 3. The Hall–Kier alpha value is -2.98. The molecule has 4 N–H and O–H groups in total. The molecule has 0 bridgehead atoms. The second-order valence-corrected chi connectivity index (χ2v) is 6.13. The summed E-state index contributed by atoms with van der Waals surface area (Å²) in [5.41, 5.74) is 7.05. The van der Waals surface area contributed by atoms with E-state index in [1.807, 2.05) is 0 Å². The molecule has 1 heterocycles. The van der Waals surface area contributed by atoms with Gasteiger partial charge in [-0.2, -0.15) is 0 Å². The lowest BCUT2D eigenvalue weighted by Gasteiger charge is -2.10. The van der Waals surface area contributed by atoms with E-state index in [0.717, 1.165) is 0 Å². The van der Waals surface area contributed by atoms with Crippen molar-refractivity contribution in [2.45, 2.75) is 19.0 Å². The summed E-state index contributed by atoms with van der Waals surface area (Å²) < 4.78 is 69.5. The fourth-order valence-electron chi connectivity index (χ4n) is 2.99. The number of rotatable bonds is 5. The number of fused-ring (bicyclic) bond motifs is 1. The van der Waals surface area contributed by atoms with Crippen molar-refractivity contribution in [2.75, 3.05) is 0 Å². The van der Waals surface area contributed by atoms with E-state index in [1.165, 1.54) is 16.2 Å². The zero-order valence-electron chi connectivity index (χ0n) is 14.1. The van der Waals surface area contributed by atoms with Crippen LogP contribution in [0.1, 0.15) is 11.1 Å². The second-order valence-electron chi connectivity index (χ2n) is 6.13. The number of hydrogen-bond acceptors (Lipinski definition) is 3. The van der Waals surface area contributed by atoms with E-state index in [0.29, 0.717) is 16.5 Å². The van der Waals surface area contributed by atoms with Crippen LogP contribution in [-0.4, -0.2) is 21.7 Å². The van der Waals surface area contributed by atoms with Crippen molar-refractivity contribution < 1.29 is 32.0 Å². The molecule has 5 nitrogen and oxygen atoms in total. The quantitative estimate of drug-likeness (QED) is 0.203. The van der Waals surface area contributed by atoms with E-state index in [1.54, 1.807) is 24.3 Å². The molecule has 3 aromatic rings. The summed E-state index contributed by atoms with van der Waals surface area (Å²) in [6.07, 6.45) is 1.38. The minimum absolute atomic E-state index is 0.0307. The van der Waals surface area contributed by atoms with Crippen LogP contribution in [0.4, 0.5) is 22.0 Å². The molecule has 0 aliphatic rings. The Kier molecular flexibility index (Phi) is 5.34. The van der Waals surface area contributed by atoms with Crippen LogP contribution in [0.5, 0.6) is 0 Å². The molecule has 10 heteroatoms. The Bertz CT molecular complexity index is 1040. The van der Waals surface area contributed by atoms with Gasteiger partial charge in [-0.25, -0.2) is 27.4 Å². The van der Waals surface area contributed by atoms with E-state index in [-0.39, 0.29) is 6.42 Å².